The third-order valence-electron chi connectivity index (χ3n) is 4.30. The van der Waals surface area contributed by atoms with Gasteiger partial charge in [-0.15, -0.1) is 11.3 Å². The highest BCUT2D eigenvalue weighted by Gasteiger charge is 2.20. The summed E-state index contributed by atoms with van der Waals surface area (Å²) in [6, 6.07) is 7.33. The van der Waals surface area contributed by atoms with Crippen LogP contribution in [0.2, 0.25) is 0 Å². The number of piperazine rings is 1. The van der Waals surface area contributed by atoms with Crippen LogP contribution in [0.1, 0.15) is 20.0 Å². The van der Waals surface area contributed by atoms with Crippen molar-refractivity contribution in [2.75, 3.05) is 46.4 Å². The molecule has 26 heavy (non-hydrogen) atoms. The highest BCUT2D eigenvalue weighted by molar-refractivity contribution is 7.16. The molecule has 8 heteroatoms. The minimum Gasteiger partial charge on any atom is -0.395 e. The third kappa shape index (κ3) is 4.27. The van der Waals surface area contributed by atoms with Crippen LogP contribution < -0.4 is 5.32 Å². The lowest BCUT2D eigenvalue weighted by atomic mass is 10.1. The molecule has 1 aromatic carbocycles. The normalized spacial score (nSPS) is 15.1. The molecule has 7 nitrogen and oxygen atoms in total. The van der Waals surface area contributed by atoms with Crippen molar-refractivity contribution in [3.8, 4) is 10.6 Å². The first kappa shape index (κ1) is 18.5. The Morgan fingerprint density at radius 2 is 1.88 bits per heavy atom. The van der Waals surface area contributed by atoms with Crippen molar-refractivity contribution in [2.24, 2.45) is 0 Å². The van der Waals surface area contributed by atoms with Crippen molar-refractivity contribution in [1.29, 1.82) is 0 Å². The Balaban J connectivity index is 1.67. The number of aliphatic hydroxyl groups excluding tert-OH is 1. The van der Waals surface area contributed by atoms with Gasteiger partial charge in [-0.25, -0.2) is 4.98 Å². The Bertz CT molecular complexity index is 767. The summed E-state index contributed by atoms with van der Waals surface area (Å²) < 4.78 is 0. The minimum atomic E-state index is -0.246. The van der Waals surface area contributed by atoms with E-state index in [0.717, 1.165) is 36.8 Å². The number of nitrogens with one attached hydrogen (secondary N) is 1. The maximum Gasteiger partial charge on any atom is 0.263 e. The zero-order valence-corrected chi connectivity index (χ0v) is 15.5. The first-order chi connectivity index (χ1) is 12.6. The third-order valence-corrected chi connectivity index (χ3v) is 5.34. The molecule has 0 atom stereocenters. The molecule has 2 amide bonds. The van der Waals surface area contributed by atoms with E-state index in [0.29, 0.717) is 10.4 Å². The van der Waals surface area contributed by atoms with Gasteiger partial charge in [0.2, 0.25) is 0 Å². The van der Waals surface area contributed by atoms with Gasteiger partial charge in [0.25, 0.3) is 11.8 Å². The van der Waals surface area contributed by atoms with E-state index in [1.807, 2.05) is 29.2 Å². The quantitative estimate of drug-likeness (QED) is 0.813. The van der Waals surface area contributed by atoms with E-state index >= 15 is 0 Å². The van der Waals surface area contributed by atoms with E-state index in [1.165, 1.54) is 17.5 Å². The van der Waals surface area contributed by atoms with Gasteiger partial charge in [-0.05, 0) is 19.2 Å². The molecular weight excluding hydrogens is 352 g/mol. The number of benzene rings is 1. The summed E-state index contributed by atoms with van der Waals surface area (Å²) in [5.74, 6) is -0.197. The number of aromatic nitrogens is 1. The largest absolute Gasteiger partial charge is 0.395 e. The number of amides is 2. The molecule has 0 spiro atoms. The Morgan fingerprint density at radius 1 is 1.19 bits per heavy atom. The van der Waals surface area contributed by atoms with Gasteiger partial charge in [0.15, 0.2) is 0 Å². The van der Waals surface area contributed by atoms with E-state index in [1.54, 1.807) is 0 Å². The fraction of sp³-hybridized carbons (Fsp3) is 0.389. The van der Waals surface area contributed by atoms with Crippen LogP contribution in [-0.2, 0) is 0 Å². The summed E-state index contributed by atoms with van der Waals surface area (Å²) in [6.45, 7) is 3.40. The van der Waals surface area contributed by atoms with Gasteiger partial charge < -0.3 is 20.2 Å². The summed E-state index contributed by atoms with van der Waals surface area (Å²) in [6.07, 6.45) is 1.52. The molecule has 0 radical (unpaired) electrons. The predicted molar refractivity (Wildman–Crippen MR) is 100 cm³/mol. The highest BCUT2D eigenvalue weighted by atomic mass is 32.1. The van der Waals surface area contributed by atoms with Crippen molar-refractivity contribution in [3.05, 3.63) is 40.9 Å². The number of thiazole rings is 1. The second-order valence-corrected chi connectivity index (χ2v) is 7.21. The van der Waals surface area contributed by atoms with Gasteiger partial charge in [0, 0.05) is 43.9 Å². The number of aliphatic hydroxyl groups is 1. The van der Waals surface area contributed by atoms with E-state index in [2.05, 4.69) is 22.2 Å². The molecule has 1 fully saturated rings. The van der Waals surface area contributed by atoms with Gasteiger partial charge in [0.1, 0.15) is 9.88 Å². The van der Waals surface area contributed by atoms with Crippen LogP contribution in [0.5, 0.6) is 0 Å². The van der Waals surface area contributed by atoms with E-state index in [9.17, 15) is 9.59 Å². The standard InChI is InChI=1S/C18H22N4O3S/c1-21-7-9-22(10-8-21)18(25)14-4-2-13(3-5-14)17-20-12-15(26-17)16(24)19-6-11-23/h2-5,12,23H,6-11H2,1H3,(H,19,24). The maximum atomic E-state index is 12.6. The topological polar surface area (TPSA) is 85.8 Å². The zero-order chi connectivity index (χ0) is 18.5. The van der Waals surface area contributed by atoms with Crippen LogP contribution in [-0.4, -0.2) is 78.1 Å². The SMILES string of the molecule is CN1CCN(C(=O)c2ccc(-c3ncc(C(=O)NCCO)s3)cc2)CC1. The van der Waals surface area contributed by atoms with E-state index in [-0.39, 0.29) is 25.0 Å². The molecule has 138 valence electrons. The molecule has 2 N–H and O–H groups in total. The molecular formula is C18H22N4O3S. The Labute approximate surface area is 156 Å². The molecule has 1 aliphatic rings. The average Bonchev–Trinajstić information content (AvgIpc) is 3.16. The second-order valence-electron chi connectivity index (χ2n) is 6.18. The summed E-state index contributed by atoms with van der Waals surface area (Å²) in [4.78, 5) is 33.3. The van der Waals surface area contributed by atoms with Crippen molar-refractivity contribution in [3.63, 3.8) is 0 Å². The zero-order valence-electron chi connectivity index (χ0n) is 14.6. The number of rotatable bonds is 5. The molecule has 1 aromatic heterocycles. The number of nitrogens with zero attached hydrogens (tertiary/aromatic N) is 3. The van der Waals surface area contributed by atoms with Gasteiger partial charge in [-0.2, -0.15) is 0 Å². The van der Waals surface area contributed by atoms with E-state index < -0.39 is 0 Å². The molecule has 0 bridgehead atoms. The monoisotopic (exact) mass is 374 g/mol. The first-order valence-electron chi connectivity index (χ1n) is 8.51. The highest BCUT2D eigenvalue weighted by Crippen LogP contribution is 2.25. The number of hydrogen-bond donors (Lipinski definition) is 2. The Hall–Kier alpha value is -2.29. The van der Waals surface area contributed by atoms with Crippen molar-refractivity contribution in [2.45, 2.75) is 0 Å². The number of hydrogen-bond acceptors (Lipinski definition) is 6. The lowest BCUT2D eigenvalue weighted by molar-refractivity contribution is 0.0664. The molecule has 3 rings (SSSR count). The Kier molecular flexibility index (Phi) is 5.97. The van der Waals surface area contributed by atoms with Crippen LogP contribution in [0, 0.1) is 0 Å². The van der Waals surface area contributed by atoms with Gasteiger partial charge >= 0.3 is 0 Å². The lowest BCUT2D eigenvalue weighted by Gasteiger charge is -2.32. The molecule has 1 saturated heterocycles. The van der Waals surface area contributed by atoms with Crippen molar-refractivity contribution < 1.29 is 14.7 Å². The van der Waals surface area contributed by atoms with Crippen LogP contribution >= 0.6 is 11.3 Å². The predicted octanol–water partition coefficient (Wildman–Crippen LogP) is 0.920. The molecule has 0 aliphatic carbocycles. The van der Waals surface area contributed by atoms with Crippen molar-refractivity contribution in [1.82, 2.24) is 20.1 Å². The molecule has 0 unspecified atom stereocenters. The first-order valence-corrected chi connectivity index (χ1v) is 9.33. The molecule has 0 saturated carbocycles. The molecule has 2 heterocycles. The average molecular weight is 374 g/mol. The Morgan fingerprint density at radius 3 is 2.54 bits per heavy atom. The maximum absolute atomic E-state index is 12.6. The van der Waals surface area contributed by atoms with Crippen LogP contribution in [0.15, 0.2) is 30.5 Å². The number of likely N-dealkylation sites (N-methyl/N-ethyl adjacent to an activating group) is 1. The van der Waals surface area contributed by atoms with E-state index in [4.69, 9.17) is 5.11 Å². The van der Waals surface area contributed by atoms with Crippen LogP contribution in [0.4, 0.5) is 0 Å². The summed E-state index contributed by atoms with van der Waals surface area (Å²) in [5, 5.41) is 12.1. The van der Waals surface area contributed by atoms with Crippen molar-refractivity contribution >= 4 is 23.2 Å². The van der Waals surface area contributed by atoms with Gasteiger partial charge in [-0.1, -0.05) is 12.1 Å². The lowest BCUT2D eigenvalue weighted by Crippen LogP contribution is -2.47. The summed E-state index contributed by atoms with van der Waals surface area (Å²) >= 11 is 1.28. The molecule has 1 aliphatic heterocycles. The minimum absolute atomic E-state index is 0.0489. The number of carbonyl (C=O) groups excluding carboxylic acids is 2. The smallest absolute Gasteiger partial charge is 0.263 e. The van der Waals surface area contributed by atoms with Gasteiger partial charge in [0.05, 0.1) is 12.8 Å². The van der Waals surface area contributed by atoms with Crippen LogP contribution in [0.25, 0.3) is 10.6 Å². The fourth-order valence-corrected chi connectivity index (χ4v) is 3.55. The fourth-order valence-electron chi connectivity index (χ4n) is 2.72. The summed E-state index contributed by atoms with van der Waals surface area (Å²) in [7, 11) is 2.06. The summed E-state index contributed by atoms with van der Waals surface area (Å²) in [5.41, 5.74) is 1.53. The molecule has 2 aromatic rings. The number of carbonyl (C=O) groups is 2. The van der Waals surface area contributed by atoms with Gasteiger partial charge in [-0.3, -0.25) is 9.59 Å². The second kappa shape index (κ2) is 8.39. The van der Waals surface area contributed by atoms with Crippen LogP contribution in [0.3, 0.4) is 0 Å².